The van der Waals surface area contributed by atoms with Crippen molar-refractivity contribution in [2.75, 3.05) is 4.31 Å². The third-order valence-corrected chi connectivity index (χ3v) is 7.49. The molecule has 0 saturated carbocycles. The summed E-state index contributed by atoms with van der Waals surface area (Å²) in [5, 5.41) is 0.414. The molecule has 5 heteroatoms. The molecule has 0 aromatic heterocycles. The molecule has 2 atom stereocenters. The van der Waals surface area contributed by atoms with Gasteiger partial charge in [0.15, 0.2) is 0 Å². The van der Waals surface area contributed by atoms with Crippen molar-refractivity contribution in [3.05, 3.63) is 94.5 Å². The van der Waals surface area contributed by atoms with Crippen molar-refractivity contribution in [1.29, 1.82) is 0 Å². The molecule has 1 aliphatic rings. The first kappa shape index (κ1) is 19.0. The number of rotatable bonds is 3. The normalized spacial score (nSPS) is 19.3. The molecule has 4 rings (SSSR count). The van der Waals surface area contributed by atoms with E-state index in [1.807, 2.05) is 44.2 Å². The predicted octanol–water partition coefficient (Wildman–Crippen LogP) is 5.77. The van der Waals surface area contributed by atoms with Crippen LogP contribution in [0.2, 0.25) is 5.02 Å². The fourth-order valence-electron chi connectivity index (χ4n) is 4.06. The zero-order chi connectivity index (χ0) is 19.9. The number of halogens is 1. The number of benzene rings is 3. The zero-order valence-electron chi connectivity index (χ0n) is 15.8. The number of hydrogen-bond acceptors (Lipinski definition) is 2. The van der Waals surface area contributed by atoms with Crippen molar-refractivity contribution < 1.29 is 8.42 Å². The van der Waals surface area contributed by atoms with Crippen molar-refractivity contribution >= 4 is 27.3 Å². The van der Waals surface area contributed by atoms with E-state index in [0.717, 1.165) is 23.2 Å². The quantitative estimate of drug-likeness (QED) is 0.548. The van der Waals surface area contributed by atoms with Gasteiger partial charge in [-0.3, -0.25) is 4.31 Å². The van der Waals surface area contributed by atoms with Crippen LogP contribution in [0.15, 0.2) is 77.7 Å². The minimum Gasteiger partial charge on any atom is -0.263 e. The lowest BCUT2D eigenvalue weighted by atomic mass is 9.82. The molecule has 1 heterocycles. The Kier molecular flexibility index (Phi) is 4.94. The highest BCUT2D eigenvalue weighted by atomic mass is 35.5. The number of nitrogens with zero attached hydrogens (tertiary/aromatic N) is 1. The van der Waals surface area contributed by atoms with Gasteiger partial charge >= 0.3 is 0 Å². The van der Waals surface area contributed by atoms with Crippen LogP contribution in [-0.4, -0.2) is 14.5 Å². The summed E-state index contributed by atoms with van der Waals surface area (Å²) < 4.78 is 28.6. The Morgan fingerprint density at radius 3 is 2.43 bits per heavy atom. The van der Waals surface area contributed by atoms with Gasteiger partial charge in [-0.1, -0.05) is 65.7 Å². The van der Waals surface area contributed by atoms with Gasteiger partial charge in [0.25, 0.3) is 10.0 Å². The maximum atomic E-state index is 13.5. The molecule has 28 heavy (non-hydrogen) atoms. The lowest BCUT2D eigenvalue weighted by molar-refractivity contribution is 0.543. The molecule has 144 valence electrons. The fraction of sp³-hybridized carbons (Fsp3) is 0.217. The molecule has 3 nitrogen and oxygen atoms in total. The molecule has 0 bridgehead atoms. The standard InChI is InChI=1S/C23H22ClNO2S/c1-16-11-12-23-22(13-16)21(18-7-4-3-5-8-18)14-17(2)25(23)28(26,27)20-10-6-9-19(24)15-20/h3-13,15,17,21H,14H2,1-2H3/t17-,21+/m1/s1. The molecule has 3 aromatic carbocycles. The van der Waals surface area contributed by atoms with E-state index in [1.54, 1.807) is 22.5 Å². The van der Waals surface area contributed by atoms with Crippen LogP contribution in [0.5, 0.6) is 0 Å². The highest BCUT2D eigenvalue weighted by Crippen LogP contribution is 2.44. The summed E-state index contributed by atoms with van der Waals surface area (Å²) in [5.41, 5.74) is 4.13. The Balaban J connectivity index is 1.88. The number of fused-ring (bicyclic) bond motifs is 1. The van der Waals surface area contributed by atoms with Gasteiger partial charge in [0.1, 0.15) is 0 Å². The molecular weight excluding hydrogens is 390 g/mol. The van der Waals surface area contributed by atoms with Crippen LogP contribution in [0, 0.1) is 6.92 Å². The second-order valence-electron chi connectivity index (χ2n) is 7.37. The van der Waals surface area contributed by atoms with Gasteiger partial charge in [-0.05, 0) is 55.7 Å². The molecule has 0 fully saturated rings. The maximum absolute atomic E-state index is 13.5. The molecule has 0 aliphatic carbocycles. The molecule has 0 N–H and O–H groups in total. The van der Waals surface area contributed by atoms with Gasteiger partial charge in [0.05, 0.1) is 10.6 Å². The Bertz CT molecular complexity index is 1110. The van der Waals surface area contributed by atoms with Crippen LogP contribution in [0.25, 0.3) is 0 Å². The average Bonchev–Trinajstić information content (AvgIpc) is 2.68. The van der Waals surface area contributed by atoms with E-state index in [4.69, 9.17) is 11.6 Å². The first-order valence-electron chi connectivity index (χ1n) is 9.33. The van der Waals surface area contributed by atoms with E-state index in [9.17, 15) is 8.42 Å². The van der Waals surface area contributed by atoms with E-state index in [1.165, 1.54) is 11.6 Å². The third kappa shape index (κ3) is 3.31. The van der Waals surface area contributed by atoms with Crippen molar-refractivity contribution in [3.8, 4) is 0 Å². The Morgan fingerprint density at radius 2 is 1.71 bits per heavy atom. The van der Waals surface area contributed by atoms with Crippen LogP contribution >= 0.6 is 11.6 Å². The summed E-state index contributed by atoms with van der Waals surface area (Å²) in [4.78, 5) is 0.219. The second-order valence-corrected chi connectivity index (χ2v) is 9.62. The van der Waals surface area contributed by atoms with Gasteiger partial charge in [-0.15, -0.1) is 0 Å². The number of aryl methyl sites for hydroxylation is 1. The van der Waals surface area contributed by atoms with Gasteiger partial charge < -0.3 is 0 Å². The first-order valence-corrected chi connectivity index (χ1v) is 11.2. The third-order valence-electron chi connectivity index (χ3n) is 5.33. The molecule has 1 aliphatic heterocycles. The lowest BCUT2D eigenvalue weighted by Gasteiger charge is -2.40. The minimum absolute atomic E-state index is 0.164. The molecule has 0 saturated heterocycles. The first-order chi connectivity index (χ1) is 13.4. The Labute approximate surface area is 171 Å². The monoisotopic (exact) mass is 411 g/mol. The smallest absolute Gasteiger partial charge is 0.263 e. The zero-order valence-corrected chi connectivity index (χ0v) is 17.4. The molecule has 0 unspecified atom stereocenters. The number of anilines is 1. The highest BCUT2D eigenvalue weighted by Gasteiger charge is 2.38. The van der Waals surface area contributed by atoms with Gasteiger partial charge in [-0.2, -0.15) is 0 Å². The topological polar surface area (TPSA) is 37.4 Å². The Morgan fingerprint density at radius 1 is 0.964 bits per heavy atom. The summed E-state index contributed by atoms with van der Waals surface area (Å²) in [6.07, 6.45) is 0.722. The maximum Gasteiger partial charge on any atom is 0.264 e. The van der Waals surface area contributed by atoms with Crippen LogP contribution in [0.1, 0.15) is 36.0 Å². The average molecular weight is 412 g/mol. The van der Waals surface area contributed by atoms with Crippen LogP contribution < -0.4 is 4.31 Å². The van der Waals surface area contributed by atoms with E-state index in [-0.39, 0.29) is 16.9 Å². The SMILES string of the molecule is Cc1ccc2c(c1)[C@H](c1ccccc1)C[C@@H](C)N2S(=O)(=O)c1cccc(Cl)c1. The van der Waals surface area contributed by atoms with Gasteiger partial charge in [0.2, 0.25) is 0 Å². The van der Waals surface area contributed by atoms with Crippen LogP contribution in [-0.2, 0) is 10.0 Å². The second kappa shape index (κ2) is 7.26. The van der Waals surface area contributed by atoms with Crippen molar-refractivity contribution in [3.63, 3.8) is 0 Å². The summed E-state index contributed by atoms with van der Waals surface area (Å²) in [7, 11) is -3.72. The van der Waals surface area contributed by atoms with E-state index < -0.39 is 10.0 Å². The summed E-state index contributed by atoms with van der Waals surface area (Å²) >= 11 is 6.07. The predicted molar refractivity (Wildman–Crippen MR) is 115 cm³/mol. The van der Waals surface area contributed by atoms with Crippen molar-refractivity contribution in [1.82, 2.24) is 0 Å². The highest BCUT2D eigenvalue weighted by molar-refractivity contribution is 7.92. The lowest BCUT2D eigenvalue weighted by Crippen LogP contribution is -2.43. The Hall–Kier alpha value is -2.30. The van der Waals surface area contributed by atoms with E-state index in [2.05, 4.69) is 18.2 Å². The summed E-state index contributed by atoms with van der Waals surface area (Å²) in [6.45, 7) is 4.01. The van der Waals surface area contributed by atoms with Gasteiger partial charge in [-0.25, -0.2) is 8.42 Å². The summed E-state index contributed by atoms with van der Waals surface area (Å²) in [5.74, 6) is 0.164. The fourth-order valence-corrected chi connectivity index (χ4v) is 6.06. The molecule has 0 amide bonds. The number of hydrogen-bond donors (Lipinski definition) is 0. The minimum atomic E-state index is -3.72. The molecule has 3 aromatic rings. The molecule has 0 radical (unpaired) electrons. The van der Waals surface area contributed by atoms with E-state index in [0.29, 0.717) is 5.02 Å². The van der Waals surface area contributed by atoms with E-state index >= 15 is 0 Å². The molecule has 0 spiro atoms. The molecular formula is C23H22ClNO2S. The largest absolute Gasteiger partial charge is 0.264 e. The van der Waals surface area contributed by atoms with Crippen molar-refractivity contribution in [2.45, 2.75) is 37.1 Å². The van der Waals surface area contributed by atoms with Crippen LogP contribution in [0.3, 0.4) is 0 Å². The number of sulfonamides is 1. The summed E-state index contributed by atoms with van der Waals surface area (Å²) in [6, 6.07) is 22.6. The van der Waals surface area contributed by atoms with Crippen molar-refractivity contribution in [2.24, 2.45) is 0 Å². The van der Waals surface area contributed by atoms with Crippen LogP contribution in [0.4, 0.5) is 5.69 Å². The van der Waals surface area contributed by atoms with Gasteiger partial charge in [0, 0.05) is 17.0 Å².